The van der Waals surface area contributed by atoms with Crippen LogP contribution in [-0.4, -0.2) is 39.0 Å². The Morgan fingerprint density at radius 1 is 1.24 bits per heavy atom. The first kappa shape index (κ1) is 12.6. The molecule has 0 spiro atoms. The van der Waals surface area contributed by atoms with Crippen LogP contribution in [0.1, 0.15) is 12.0 Å². The highest BCUT2D eigenvalue weighted by molar-refractivity contribution is 5.16. The van der Waals surface area contributed by atoms with E-state index in [2.05, 4.69) is 35.6 Å². The van der Waals surface area contributed by atoms with Gasteiger partial charge in [-0.25, -0.2) is 0 Å². The molecule has 0 aliphatic carbocycles. The maximum atomic E-state index is 5.84. The molecule has 1 aromatic carbocycles. The Bertz CT molecular complexity index is 315. The first-order valence-corrected chi connectivity index (χ1v) is 6.28. The summed E-state index contributed by atoms with van der Waals surface area (Å²) in [7, 11) is 1.71. The Hall–Kier alpha value is -0.900. The van der Waals surface area contributed by atoms with Crippen LogP contribution in [0.15, 0.2) is 30.3 Å². The summed E-state index contributed by atoms with van der Waals surface area (Å²) in [6.07, 6.45) is 2.46. The van der Waals surface area contributed by atoms with Gasteiger partial charge < -0.3 is 14.8 Å². The van der Waals surface area contributed by atoms with Gasteiger partial charge in [0.1, 0.15) is 0 Å². The molecule has 1 saturated heterocycles. The van der Waals surface area contributed by atoms with Crippen molar-refractivity contribution < 1.29 is 9.47 Å². The van der Waals surface area contributed by atoms with Crippen LogP contribution < -0.4 is 5.32 Å². The molecule has 1 heterocycles. The average Bonchev–Trinajstić information content (AvgIpc) is 2.79. The number of ether oxygens (including phenoxy) is 2. The highest BCUT2D eigenvalue weighted by Crippen LogP contribution is 2.16. The van der Waals surface area contributed by atoms with Gasteiger partial charge in [-0.15, -0.1) is 0 Å². The van der Waals surface area contributed by atoms with Crippen molar-refractivity contribution in [1.82, 2.24) is 5.32 Å². The highest BCUT2D eigenvalue weighted by atomic mass is 16.5. The van der Waals surface area contributed by atoms with Gasteiger partial charge in [0.2, 0.25) is 0 Å². The van der Waals surface area contributed by atoms with Crippen molar-refractivity contribution in [1.29, 1.82) is 0 Å². The van der Waals surface area contributed by atoms with Gasteiger partial charge in [-0.05, 0) is 24.9 Å². The first-order valence-electron chi connectivity index (χ1n) is 6.28. The molecule has 2 rings (SSSR count). The Balaban J connectivity index is 1.82. The standard InChI is InChI=1S/C14H21NO2/c1-16-9-10-17-14-7-8-15-13(14)11-12-5-3-2-4-6-12/h2-6,13-15H,7-11H2,1H3/t13-,14+/m0/s1. The second-order valence-electron chi connectivity index (χ2n) is 4.44. The third-order valence-electron chi connectivity index (χ3n) is 3.20. The molecule has 1 aromatic rings. The van der Waals surface area contributed by atoms with E-state index in [0.29, 0.717) is 25.4 Å². The van der Waals surface area contributed by atoms with E-state index in [0.717, 1.165) is 19.4 Å². The van der Waals surface area contributed by atoms with Gasteiger partial charge >= 0.3 is 0 Å². The second kappa shape index (κ2) is 6.74. The first-order chi connectivity index (χ1) is 8.40. The summed E-state index contributed by atoms with van der Waals surface area (Å²) in [5.74, 6) is 0. The Kier molecular flexibility index (Phi) is 4.98. The van der Waals surface area contributed by atoms with E-state index in [-0.39, 0.29) is 0 Å². The lowest BCUT2D eigenvalue weighted by molar-refractivity contribution is 0.0119. The minimum absolute atomic E-state index is 0.324. The SMILES string of the molecule is COCCO[C@@H]1CCN[C@H]1Cc1ccccc1. The largest absolute Gasteiger partial charge is 0.382 e. The summed E-state index contributed by atoms with van der Waals surface area (Å²) >= 11 is 0. The van der Waals surface area contributed by atoms with Crippen LogP contribution in [0.5, 0.6) is 0 Å². The van der Waals surface area contributed by atoms with Crippen LogP contribution in [0.25, 0.3) is 0 Å². The van der Waals surface area contributed by atoms with Gasteiger partial charge in [-0.3, -0.25) is 0 Å². The van der Waals surface area contributed by atoms with Crippen LogP contribution >= 0.6 is 0 Å². The normalized spacial score (nSPS) is 24.1. The summed E-state index contributed by atoms with van der Waals surface area (Å²) in [4.78, 5) is 0. The molecular weight excluding hydrogens is 214 g/mol. The van der Waals surface area contributed by atoms with Gasteiger partial charge in [0.15, 0.2) is 0 Å². The van der Waals surface area contributed by atoms with Crippen LogP contribution in [0.2, 0.25) is 0 Å². The van der Waals surface area contributed by atoms with E-state index in [1.54, 1.807) is 7.11 Å². The number of hydrogen-bond acceptors (Lipinski definition) is 3. The van der Waals surface area contributed by atoms with Crippen molar-refractivity contribution in [3.8, 4) is 0 Å². The van der Waals surface area contributed by atoms with E-state index >= 15 is 0 Å². The number of rotatable bonds is 6. The molecule has 0 saturated carbocycles. The van der Waals surface area contributed by atoms with Crippen molar-refractivity contribution in [2.45, 2.75) is 25.0 Å². The molecule has 17 heavy (non-hydrogen) atoms. The fourth-order valence-corrected chi connectivity index (χ4v) is 2.30. The summed E-state index contributed by atoms with van der Waals surface area (Å²) in [5.41, 5.74) is 1.37. The van der Waals surface area contributed by atoms with Crippen molar-refractivity contribution in [2.75, 3.05) is 26.9 Å². The van der Waals surface area contributed by atoms with E-state index in [4.69, 9.17) is 9.47 Å². The predicted molar refractivity (Wildman–Crippen MR) is 68.2 cm³/mol. The molecule has 3 heteroatoms. The van der Waals surface area contributed by atoms with Crippen LogP contribution in [0, 0.1) is 0 Å². The summed E-state index contributed by atoms with van der Waals surface area (Å²) < 4.78 is 10.9. The maximum Gasteiger partial charge on any atom is 0.0744 e. The molecule has 1 aliphatic heterocycles. The fourth-order valence-electron chi connectivity index (χ4n) is 2.30. The van der Waals surface area contributed by atoms with Crippen molar-refractivity contribution >= 4 is 0 Å². The highest BCUT2D eigenvalue weighted by Gasteiger charge is 2.27. The minimum Gasteiger partial charge on any atom is -0.382 e. The Labute approximate surface area is 103 Å². The summed E-state index contributed by atoms with van der Waals surface area (Å²) in [5, 5.41) is 3.52. The zero-order chi connectivity index (χ0) is 11.9. The topological polar surface area (TPSA) is 30.5 Å². The second-order valence-corrected chi connectivity index (χ2v) is 4.44. The van der Waals surface area contributed by atoms with Gasteiger partial charge in [-0.2, -0.15) is 0 Å². The predicted octanol–water partition coefficient (Wildman–Crippen LogP) is 1.62. The van der Waals surface area contributed by atoms with E-state index in [1.165, 1.54) is 5.56 Å². The molecule has 0 amide bonds. The van der Waals surface area contributed by atoms with Crippen molar-refractivity contribution in [3.05, 3.63) is 35.9 Å². The number of methoxy groups -OCH3 is 1. The average molecular weight is 235 g/mol. The molecule has 0 unspecified atom stereocenters. The molecule has 94 valence electrons. The molecule has 3 nitrogen and oxygen atoms in total. The number of hydrogen-bond donors (Lipinski definition) is 1. The van der Waals surface area contributed by atoms with E-state index < -0.39 is 0 Å². The van der Waals surface area contributed by atoms with Gasteiger partial charge in [0.05, 0.1) is 19.3 Å². The molecule has 1 fully saturated rings. The summed E-state index contributed by atoms with van der Waals surface area (Å²) in [6, 6.07) is 11.0. The third-order valence-corrected chi connectivity index (χ3v) is 3.20. The molecule has 0 radical (unpaired) electrons. The molecular formula is C14H21NO2. The quantitative estimate of drug-likeness (QED) is 0.760. The van der Waals surface area contributed by atoms with Crippen LogP contribution in [0.3, 0.4) is 0 Å². The van der Waals surface area contributed by atoms with Crippen LogP contribution in [0.4, 0.5) is 0 Å². The smallest absolute Gasteiger partial charge is 0.0744 e. The van der Waals surface area contributed by atoms with Gasteiger partial charge in [-0.1, -0.05) is 30.3 Å². The van der Waals surface area contributed by atoms with Crippen LogP contribution in [-0.2, 0) is 15.9 Å². The lowest BCUT2D eigenvalue weighted by atomic mass is 10.0. The molecule has 1 N–H and O–H groups in total. The number of nitrogens with one attached hydrogen (secondary N) is 1. The fraction of sp³-hybridized carbons (Fsp3) is 0.571. The molecule has 0 aromatic heterocycles. The zero-order valence-electron chi connectivity index (χ0n) is 10.4. The van der Waals surface area contributed by atoms with Gasteiger partial charge in [0, 0.05) is 13.2 Å². The minimum atomic E-state index is 0.324. The van der Waals surface area contributed by atoms with Crippen molar-refractivity contribution in [2.24, 2.45) is 0 Å². The lowest BCUT2D eigenvalue weighted by Crippen LogP contribution is -2.34. The summed E-state index contributed by atoms with van der Waals surface area (Å²) in [6.45, 7) is 2.41. The maximum absolute atomic E-state index is 5.84. The molecule has 2 atom stereocenters. The third kappa shape index (κ3) is 3.80. The lowest BCUT2D eigenvalue weighted by Gasteiger charge is -2.20. The Morgan fingerprint density at radius 3 is 2.82 bits per heavy atom. The Morgan fingerprint density at radius 2 is 2.06 bits per heavy atom. The zero-order valence-corrected chi connectivity index (χ0v) is 10.4. The molecule has 1 aliphatic rings. The van der Waals surface area contributed by atoms with E-state index in [9.17, 15) is 0 Å². The number of benzene rings is 1. The molecule has 0 bridgehead atoms. The van der Waals surface area contributed by atoms with Crippen molar-refractivity contribution in [3.63, 3.8) is 0 Å². The van der Waals surface area contributed by atoms with E-state index in [1.807, 2.05) is 0 Å². The monoisotopic (exact) mass is 235 g/mol. The van der Waals surface area contributed by atoms with Gasteiger partial charge in [0.25, 0.3) is 0 Å².